The first-order chi connectivity index (χ1) is 17.4. The van der Waals surface area contributed by atoms with E-state index in [-0.39, 0.29) is 33.7 Å². The van der Waals surface area contributed by atoms with Gasteiger partial charge in [-0.15, -0.1) is 5.10 Å². The Kier molecular flexibility index (Phi) is 7.47. The Morgan fingerprint density at radius 2 is 1.68 bits per heavy atom. The zero-order chi connectivity index (χ0) is 27.1. The Labute approximate surface area is 216 Å². The zero-order valence-corrected chi connectivity index (χ0v) is 20.5. The number of hydrogen-bond donors (Lipinski definition) is 2. The molecule has 0 aliphatic carbocycles. The first kappa shape index (κ1) is 26.9. The molecule has 196 valence electrons. The second-order valence-electron chi connectivity index (χ2n) is 8.11. The minimum absolute atomic E-state index is 0.0108. The molecule has 0 saturated carbocycles. The highest BCUT2D eigenvalue weighted by molar-refractivity contribution is 6.32. The van der Waals surface area contributed by atoms with Gasteiger partial charge in [0.1, 0.15) is 22.8 Å². The molecule has 0 aliphatic heterocycles. The maximum absolute atomic E-state index is 14.4. The van der Waals surface area contributed by atoms with Gasteiger partial charge in [0, 0.05) is 10.6 Å². The number of rotatable bonds is 7. The average Bonchev–Trinajstić information content (AvgIpc) is 3.35. The van der Waals surface area contributed by atoms with E-state index < -0.39 is 43.0 Å². The summed E-state index contributed by atoms with van der Waals surface area (Å²) in [4.78, 5) is 17.4. The first-order valence-electron chi connectivity index (χ1n) is 10.8. The highest BCUT2D eigenvalue weighted by atomic mass is 35.5. The van der Waals surface area contributed by atoms with Gasteiger partial charge in [0.2, 0.25) is 0 Å². The van der Waals surface area contributed by atoms with Crippen molar-refractivity contribution in [1.82, 2.24) is 23.9 Å². The lowest BCUT2D eigenvalue weighted by atomic mass is 10.1. The Bertz CT molecular complexity index is 1480. The molecule has 14 heteroatoms. The van der Waals surface area contributed by atoms with Crippen LogP contribution >= 0.6 is 23.2 Å². The smallest absolute Gasteiger partial charge is 0.385 e. The minimum atomic E-state index is -4.99. The summed E-state index contributed by atoms with van der Waals surface area (Å²) in [5, 5.41) is 24.1. The number of para-hydroxylation sites is 1. The fourth-order valence-electron chi connectivity index (χ4n) is 3.68. The van der Waals surface area contributed by atoms with Crippen LogP contribution in [0.15, 0.2) is 53.3 Å². The van der Waals surface area contributed by atoms with E-state index >= 15 is 0 Å². The molecule has 0 saturated heterocycles. The van der Waals surface area contributed by atoms with Gasteiger partial charge in [0.05, 0.1) is 18.8 Å². The van der Waals surface area contributed by atoms with Crippen molar-refractivity contribution in [2.75, 3.05) is 0 Å². The highest BCUT2D eigenvalue weighted by Gasteiger charge is 2.39. The molecule has 8 nitrogen and oxygen atoms in total. The van der Waals surface area contributed by atoms with Crippen LogP contribution in [-0.2, 0) is 13.1 Å². The van der Waals surface area contributed by atoms with E-state index in [0.717, 1.165) is 9.25 Å². The van der Waals surface area contributed by atoms with Gasteiger partial charge in [-0.25, -0.2) is 18.9 Å². The molecule has 0 bridgehead atoms. The van der Waals surface area contributed by atoms with Crippen molar-refractivity contribution in [3.8, 4) is 16.9 Å². The lowest BCUT2D eigenvalue weighted by molar-refractivity contribution is -0.207. The van der Waals surface area contributed by atoms with Crippen molar-refractivity contribution in [3.63, 3.8) is 0 Å². The Hall–Kier alpha value is -3.19. The maximum atomic E-state index is 14.4. The largest absolute Gasteiger partial charge is 0.416 e. The molecule has 2 aromatic carbocycles. The van der Waals surface area contributed by atoms with Crippen molar-refractivity contribution < 1.29 is 27.8 Å². The summed E-state index contributed by atoms with van der Waals surface area (Å²) in [7, 11) is 0. The average molecular weight is 560 g/mol. The van der Waals surface area contributed by atoms with E-state index in [4.69, 9.17) is 23.2 Å². The zero-order valence-electron chi connectivity index (χ0n) is 19.0. The number of aliphatic hydroxyl groups excluding tert-OH is 2. The van der Waals surface area contributed by atoms with Crippen molar-refractivity contribution in [3.05, 3.63) is 86.7 Å². The maximum Gasteiger partial charge on any atom is 0.416 e. The van der Waals surface area contributed by atoms with Gasteiger partial charge in [-0.3, -0.25) is 9.13 Å². The second-order valence-corrected chi connectivity index (χ2v) is 8.90. The Morgan fingerprint density at radius 1 is 1.03 bits per heavy atom. The third-order valence-electron chi connectivity index (χ3n) is 5.45. The number of halogens is 6. The van der Waals surface area contributed by atoms with Crippen LogP contribution in [-0.4, -0.2) is 46.4 Å². The van der Waals surface area contributed by atoms with Gasteiger partial charge in [-0.1, -0.05) is 47.5 Å². The summed E-state index contributed by atoms with van der Waals surface area (Å²) in [6.07, 6.45) is -9.01. The number of benzene rings is 2. The summed E-state index contributed by atoms with van der Waals surface area (Å²) in [6, 6.07) is 11.5. The fraction of sp³-hybridized carbons (Fsp3) is 0.261. The molecule has 2 N–H and O–H groups in total. The number of nitrogens with zero attached hydrogens (tertiary/aromatic N) is 5. The van der Waals surface area contributed by atoms with Gasteiger partial charge in [-0.2, -0.15) is 13.2 Å². The molecule has 0 amide bonds. The number of imidazole rings is 1. The number of alkyl halides is 3. The number of aliphatic hydroxyl groups is 2. The number of aromatic nitrogens is 5. The summed E-state index contributed by atoms with van der Waals surface area (Å²) >= 11 is 12.4. The second kappa shape index (κ2) is 10.3. The predicted octanol–water partition coefficient (Wildman–Crippen LogP) is 4.37. The van der Waals surface area contributed by atoms with E-state index in [9.17, 15) is 32.6 Å². The predicted molar refractivity (Wildman–Crippen MR) is 127 cm³/mol. The SMILES string of the molecule is C[C@H](O)c1nc(Cn2c(Cl)c(-c3ccc(Cl)cc3)n(CC(O)C(F)(F)F)c2=O)nn1-c1ccccc1F. The van der Waals surface area contributed by atoms with Gasteiger partial charge < -0.3 is 10.2 Å². The van der Waals surface area contributed by atoms with Crippen LogP contribution in [0, 0.1) is 5.82 Å². The molecule has 2 atom stereocenters. The Balaban J connectivity index is 1.83. The Morgan fingerprint density at radius 3 is 2.27 bits per heavy atom. The summed E-state index contributed by atoms with van der Waals surface area (Å²) in [5.74, 6) is -0.748. The molecule has 4 rings (SSSR count). The van der Waals surface area contributed by atoms with Crippen LogP contribution in [0.2, 0.25) is 10.2 Å². The monoisotopic (exact) mass is 559 g/mol. The molecule has 0 spiro atoms. The summed E-state index contributed by atoms with van der Waals surface area (Å²) < 4.78 is 56.5. The molecule has 0 aliphatic rings. The fourth-order valence-corrected chi connectivity index (χ4v) is 4.15. The standard InChI is InChI=1S/C23H19Cl2F4N5O3/c1-12(35)21-30-18(31-34(21)16-5-3-2-4-15(16)26)11-33-20(25)19(13-6-8-14(24)9-7-13)32(22(33)37)10-17(36)23(27,28)29/h2-9,12,17,35-36H,10-11H2,1H3/t12-,17?/m0/s1. The third-order valence-corrected chi connectivity index (χ3v) is 6.08. The van der Waals surface area contributed by atoms with E-state index in [1.54, 1.807) is 6.07 Å². The van der Waals surface area contributed by atoms with Gasteiger partial charge >= 0.3 is 11.9 Å². The van der Waals surface area contributed by atoms with Crippen LogP contribution in [0.5, 0.6) is 0 Å². The molecule has 0 fully saturated rings. The molecule has 2 heterocycles. The van der Waals surface area contributed by atoms with Crippen LogP contribution < -0.4 is 5.69 Å². The molecule has 37 heavy (non-hydrogen) atoms. The van der Waals surface area contributed by atoms with Crippen molar-refractivity contribution in [2.24, 2.45) is 0 Å². The van der Waals surface area contributed by atoms with Crippen LogP contribution in [0.25, 0.3) is 16.9 Å². The molecule has 4 aromatic rings. The first-order valence-corrected chi connectivity index (χ1v) is 11.5. The molecule has 1 unspecified atom stereocenters. The van der Waals surface area contributed by atoms with Crippen molar-refractivity contribution in [1.29, 1.82) is 0 Å². The van der Waals surface area contributed by atoms with Crippen LogP contribution in [0.1, 0.15) is 24.7 Å². The van der Waals surface area contributed by atoms with Gasteiger partial charge in [0.15, 0.2) is 17.8 Å². The number of hydrogen-bond acceptors (Lipinski definition) is 5. The third kappa shape index (κ3) is 5.42. The van der Waals surface area contributed by atoms with Crippen molar-refractivity contribution >= 4 is 23.2 Å². The van der Waals surface area contributed by atoms with Crippen LogP contribution in [0.3, 0.4) is 0 Å². The molecular formula is C23H19Cl2F4N5O3. The summed E-state index contributed by atoms with van der Waals surface area (Å²) in [5.41, 5.74) is -0.799. The van der Waals surface area contributed by atoms with Gasteiger partial charge in [-0.05, 0) is 31.2 Å². The molecule has 0 radical (unpaired) electrons. The van der Waals surface area contributed by atoms with E-state index in [0.29, 0.717) is 9.59 Å². The highest BCUT2D eigenvalue weighted by Crippen LogP contribution is 2.31. The summed E-state index contributed by atoms with van der Waals surface area (Å²) in [6.45, 7) is -0.157. The topological polar surface area (TPSA) is 98.1 Å². The molecule has 2 aromatic heterocycles. The van der Waals surface area contributed by atoms with Crippen molar-refractivity contribution in [2.45, 2.75) is 38.4 Å². The van der Waals surface area contributed by atoms with E-state index in [1.165, 1.54) is 49.4 Å². The minimum Gasteiger partial charge on any atom is -0.385 e. The van der Waals surface area contributed by atoms with Crippen LogP contribution in [0.4, 0.5) is 17.6 Å². The normalized spacial score (nSPS) is 13.6. The van der Waals surface area contributed by atoms with E-state index in [2.05, 4.69) is 10.1 Å². The van der Waals surface area contributed by atoms with E-state index in [1.807, 2.05) is 0 Å². The lowest BCUT2D eigenvalue weighted by Crippen LogP contribution is -2.37. The molecular weight excluding hydrogens is 541 g/mol. The van der Waals surface area contributed by atoms with Gasteiger partial charge in [0.25, 0.3) is 0 Å². The quantitative estimate of drug-likeness (QED) is 0.328. The lowest BCUT2D eigenvalue weighted by Gasteiger charge is -2.16.